The van der Waals surface area contributed by atoms with Crippen molar-refractivity contribution in [2.45, 2.75) is 32.0 Å². The number of rotatable bonds is 7. The first-order valence-electron chi connectivity index (χ1n) is 7.97. The zero-order chi connectivity index (χ0) is 16.1. The van der Waals surface area contributed by atoms with Gasteiger partial charge in [0, 0.05) is 30.9 Å². The number of urea groups is 1. The Labute approximate surface area is 135 Å². The van der Waals surface area contributed by atoms with Gasteiger partial charge >= 0.3 is 6.03 Å². The molecule has 1 heterocycles. The Morgan fingerprint density at radius 2 is 2.09 bits per heavy atom. The molecule has 1 aromatic carbocycles. The van der Waals surface area contributed by atoms with Gasteiger partial charge in [0.05, 0.1) is 19.3 Å². The molecule has 6 nitrogen and oxygen atoms in total. The average molecular weight is 314 g/mol. The van der Waals surface area contributed by atoms with E-state index in [1.807, 2.05) is 29.1 Å². The van der Waals surface area contributed by atoms with Gasteiger partial charge in [-0.3, -0.25) is 4.68 Å². The van der Waals surface area contributed by atoms with Gasteiger partial charge in [0.1, 0.15) is 0 Å². The highest BCUT2D eigenvalue weighted by atomic mass is 16.3. The van der Waals surface area contributed by atoms with E-state index in [-0.39, 0.29) is 12.6 Å². The summed E-state index contributed by atoms with van der Waals surface area (Å²) in [7, 11) is 0. The number of hydrogen-bond donors (Lipinski definition) is 2. The van der Waals surface area contributed by atoms with Crippen molar-refractivity contribution in [1.29, 1.82) is 0 Å². The molecule has 1 aliphatic rings. The third-order valence-corrected chi connectivity index (χ3v) is 3.91. The van der Waals surface area contributed by atoms with Crippen molar-refractivity contribution in [3.8, 4) is 0 Å². The lowest BCUT2D eigenvalue weighted by molar-refractivity contribution is 0.173. The second kappa shape index (κ2) is 7.28. The Morgan fingerprint density at radius 3 is 2.78 bits per heavy atom. The molecule has 122 valence electrons. The van der Waals surface area contributed by atoms with Crippen LogP contribution in [0.25, 0.3) is 0 Å². The zero-order valence-corrected chi connectivity index (χ0v) is 13.1. The summed E-state index contributed by atoms with van der Waals surface area (Å²) < 4.78 is 1.86. The van der Waals surface area contributed by atoms with Crippen molar-refractivity contribution in [2.24, 2.45) is 0 Å². The SMILES string of the molecule is O=C(NCc1cnn(Cc2ccccc2)c1)N(CCO)C1CC1. The molecule has 1 saturated carbocycles. The van der Waals surface area contributed by atoms with E-state index < -0.39 is 0 Å². The van der Waals surface area contributed by atoms with Crippen molar-refractivity contribution in [3.63, 3.8) is 0 Å². The summed E-state index contributed by atoms with van der Waals surface area (Å²) in [4.78, 5) is 13.9. The summed E-state index contributed by atoms with van der Waals surface area (Å²) in [6.45, 7) is 1.55. The third kappa shape index (κ3) is 4.32. The maximum Gasteiger partial charge on any atom is 0.317 e. The number of aromatic nitrogens is 2. The molecule has 0 bridgehead atoms. The molecule has 6 heteroatoms. The molecule has 1 aromatic heterocycles. The first kappa shape index (κ1) is 15.6. The number of hydrogen-bond acceptors (Lipinski definition) is 3. The minimum atomic E-state index is -0.114. The first-order valence-corrected chi connectivity index (χ1v) is 7.97. The highest BCUT2D eigenvalue weighted by Crippen LogP contribution is 2.26. The van der Waals surface area contributed by atoms with Gasteiger partial charge in [-0.1, -0.05) is 30.3 Å². The van der Waals surface area contributed by atoms with Gasteiger partial charge in [-0.05, 0) is 18.4 Å². The van der Waals surface area contributed by atoms with E-state index in [1.165, 1.54) is 5.56 Å². The van der Waals surface area contributed by atoms with Gasteiger partial charge in [0.2, 0.25) is 0 Å². The minimum Gasteiger partial charge on any atom is -0.395 e. The highest BCUT2D eigenvalue weighted by molar-refractivity contribution is 5.74. The smallest absolute Gasteiger partial charge is 0.317 e. The van der Waals surface area contributed by atoms with Gasteiger partial charge in [-0.25, -0.2) is 4.79 Å². The van der Waals surface area contributed by atoms with Crippen LogP contribution >= 0.6 is 0 Å². The molecule has 0 aliphatic heterocycles. The Morgan fingerprint density at radius 1 is 1.30 bits per heavy atom. The number of aliphatic hydroxyl groups excluding tert-OH is 1. The molecule has 2 N–H and O–H groups in total. The summed E-state index contributed by atoms with van der Waals surface area (Å²) in [5.74, 6) is 0. The van der Waals surface area contributed by atoms with E-state index in [9.17, 15) is 4.79 Å². The third-order valence-electron chi connectivity index (χ3n) is 3.91. The summed E-state index contributed by atoms with van der Waals surface area (Å²) >= 11 is 0. The van der Waals surface area contributed by atoms with Crippen molar-refractivity contribution in [1.82, 2.24) is 20.0 Å². The minimum absolute atomic E-state index is 0.00106. The van der Waals surface area contributed by atoms with Crippen LogP contribution in [0.4, 0.5) is 4.79 Å². The van der Waals surface area contributed by atoms with Crippen molar-refractivity contribution in [2.75, 3.05) is 13.2 Å². The molecule has 0 atom stereocenters. The first-order chi connectivity index (χ1) is 11.3. The van der Waals surface area contributed by atoms with E-state index >= 15 is 0 Å². The summed E-state index contributed by atoms with van der Waals surface area (Å²) in [5.41, 5.74) is 2.16. The molecule has 2 amide bonds. The monoisotopic (exact) mass is 314 g/mol. The van der Waals surface area contributed by atoms with Crippen LogP contribution in [0.5, 0.6) is 0 Å². The maximum absolute atomic E-state index is 12.2. The van der Waals surface area contributed by atoms with Crippen molar-refractivity contribution in [3.05, 3.63) is 53.9 Å². The van der Waals surface area contributed by atoms with Crippen LogP contribution in [0, 0.1) is 0 Å². The van der Waals surface area contributed by atoms with Crippen LogP contribution in [0.2, 0.25) is 0 Å². The Balaban J connectivity index is 1.51. The van der Waals surface area contributed by atoms with Crippen molar-refractivity contribution >= 4 is 6.03 Å². The zero-order valence-electron chi connectivity index (χ0n) is 13.1. The fourth-order valence-corrected chi connectivity index (χ4v) is 2.58. The molecule has 2 aromatic rings. The van der Waals surface area contributed by atoms with Gasteiger partial charge in [-0.15, -0.1) is 0 Å². The molecule has 0 radical (unpaired) electrons. The lowest BCUT2D eigenvalue weighted by Gasteiger charge is -2.21. The summed E-state index contributed by atoms with van der Waals surface area (Å²) in [6, 6.07) is 10.3. The number of aliphatic hydroxyl groups is 1. The highest BCUT2D eigenvalue weighted by Gasteiger charge is 2.31. The lowest BCUT2D eigenvalue weighted by atomic mass is 10.2. The standard InChI is InChI=1S/C17H22N4O2/c22-9-8-21(16-6-7-16)17(23)18-10-15-11-19-20(13-15)12-14-4-2-1-3-5-14/h1-5,11,13,16,22H,6-10,12H2,(H,18,23). The average Bonchev–Trinajstić information content (AvgIpc) is 3.31. The Hall–Kier alpha value is -2.34. The van der Waals surface area contributed by atoms with Crippen LogP contribution in [0.3, 0.4) is 0 Å². The number of nitrogens with zero attached hydrogens (tertiary/aromatic N) is 3. The van der Waals surface area contributed by atoms with Crippen LogP contribution in [0.1, 0.15) is 24.0 Å². The van der Waals surface area contributed by atoms with Gasteiger partial charge < -0.3 is 15.3 Å². The second-order valence-electron chi connectivity index (χ2n) is 5.84. The molecule has 3 rings (SSSR count). The van der Waals surface area contributed by atoms with E-state index in [0.717, 1.165) is 18.4 Å². The van der Waals surface area contributed by atoms with Gasteiger partial charge in [0.25, 0.3) is 0 Å². The normalized spacial score (nSPS) is 13.8. The molecule has 0 unspecified atom stereocenters. The topological polar surface area (TPSA) is 70.4 Å². The molecule has 0 spiro atoms. The number of carbonyl (C=O) groups is 1. The van der Waals surface area contributed by atoms with E-state index in [2.05, 4.69) is 22.5 Å². The fourth-order valence-electron chi connectivity index (χ4n) is 2.58. The van der Waals surface area contributed by atoms with E-state index in [0.29, 0.717) is 25.7 Å². The van der Waals surface area contributed by atoms with Gasteiger partial charge in [-0.2, -0.15) is 5.10 Å². The molecular formula is C17H22N4O2. The maximum atomic E-state index is 12.2. The van der Waals surface area contributed by atoms with Crippen molar-refractivity contribution < 1.29 is 9.90 Å². The lowest BCUT2D eigenvalue weighted by Crippen LogP contribution is -2.42. The van der Waals surface area contributed by atoms with Gasteiger partial charge in [0.15, 0.2) is 0 Å². The predicted molar refractivity (Wildman–Crippen MR) is 86.8 cm³/mol. The predicted octanol–water partition coefficient (Wildman–Crippen LogP) is 1.60. The molecule has 1 aliphatic carbocycles. The van der Waals surface area contributed by atoms with E-state index in [1.54, 1.807) is 11.1 Å². The molecule has 0 saturated heterocycles. The number of amides is 2. The number of carbonyl (C=O) groups excluding carboxylic acids is 1. The second-order valence-corrected chi connectivity index (χ2v) is 5.84. The van der Waals surface area contributed by atoms with Crippen LogP contribution in [-0.2, 0) is 13.1 Å². The largest absolute Gasteiger partial charge is 0.395 e. The quantitative estimate of drug-likeness (QED) is 0.815. The number of nitrogens with one attached hydrogen (secondary N) is 1. The fraction of sp³-hybridized carbons (Fsp3) is 0.412. The summed E-state index contributed by atoms with van der Waals surface area (Å²) in [6.07, 6.45) is 5.78. The Kier molecular flexibility index (Phi) is 4.92. The molecular weight excluding hydrogens is 292 g/mol. The van der Waals surface area contributed by atoms with Crippen LogP contribution in [0.15, 0.2) is 42.7 Å². The van der Waals surface area contributed by atoms with Crippen LogP contribution < -0.4 is 5.32 Å². The van der Waals surface area contributed by atoms with Crippen LogP contribution in [-0.4, -0.2) is 45.0 Å². The summed E-state index contributed by atoms with van der Waals surface area (Å²) in [5, 5.41) is 16.3. The Bertz CT molecular complexity index is 637. The molecule has 1 fully saturated rings. The molecule has 23 heavy (non-hydrogen) atoms. The number of benzene rings is 1. The van der Waals surface area contributed by atoms with E-state index in [4.69, 9.17) is 5.11 Å².